The van der Waals surface area contributed by atoms with Gasteiger partial charge in [-0.2, -0.15) is 5.26 Å². The SMILES string of the molecule is N#CC=C(Cl)c1cccc(Cl)c1. The maximum Gasteiger partial charge on any atom is 0.0927 e. The Hall–Kier alpha value is -0.970. The van der Waals surface area contributed by atoms with Crippen LogP contribution in [-0.2, 0) is 0 Å². The summed E-state index contributed by atoms with van der Waals surface area (Å²) in [4.78, 5) is 0. The number of halogens is 2. The Morgan fingerprint density at radius 1 is 1.50 bits per heavy atom. The largest absolute Gasteiger partial charge is 0.193 e. The molecule has 1 aromatic rings. The Morgan fingerprint density at radius 3 is 2.83 bits per heavy atom. The van der Waals surface area contributed by atoms with E-state index in [1.807, 2.05) is 6.07 Å². The Kier molecular flexibility index (Phi) is 3.16. The van der Waals surface area contributed by atoms with E-state index in [0.717, 1.165) is 5.56 Å². The first kappa shape index (κ1) is 9.12. The molecule has 0 bridgehead atoms. The van der Waals surface area contributed by atoms with E-state index in [4.69, 9.17) is 28.5 Å². The van der Waals surface area contributed by atoms with Crippen molar-refractivity contribution in [3.63, 3.8) is 0 Å². The van der Waals surface area contributed by atoms with Crippen molar-refractivity contribution < 1.29 is 0 Å². The van der Waals surface area contributed by atoms with Gasteiger partial charge in [-0.1, -0.05) is 35.3 Å². The highest BCUT2D eigenvalue weighted by molar-refractivity contribution is 6.49. The van der Waals surface area contributed by atoms with Crippen LogP contribution in [0.3, 0.4) is 0 Å². The number of allylic oxidation sites excluding steroid dienone is 1. The van der Waals surface area contributed by atoms with Crippen LogP contribution in [0.4, 0.5) is 0 Å². The summed E-state index contributed by atoms with van der Waals surface area (Å²) in [5, 5.41) is 9.33. The quantitative estimate of drug-likeness (QED) is 0.634. The molecule has 0 atom stereocenters. The van der Waals surface area contributed by atoms with Gasteiger partial charge in [0.25, 0.3) is 0 Å². The third-order valence-electron chi connectivity index (χ3n) is 1.29. The average Bonchev–Trinajstić information content (AvgIpc) is 2.05. The monoisotopic (exact) mass is 197 g/mol. The second-order valence-corrected chi connectivity index (χ2v) is 2.98. The number of hydrogen-bond acceptors (Lipinski definition) is 1. The molecule has 0 heterocycles. The summed E-state index contributed by atoms with van der Waals surface area (Å²) < 4.78 is 0. The highest BCUT2D eigenvalue weighted by Gasteiger charge is 1.97. The highest BCUT2D eigenvalue weighted by Crippen LogP contribution is 2.21. The third kappa shape index (κ3) is 2.27. The van der Waals surface area contributed by atoms with Gasteiger partial charge in [-0.3, -0.25) is 0 Å². The van der Waals surface area contributed by atoms with E-state index in [-0.39, 0.29) is 0 Å². The standard InChI is InChI=1S/C9H5Cl2N/c10-8-3-1-2-7(6-8)9(11)4-5-12/h1-4,6H. The van der Waals surface area contributed by atoms with Crippen molar-refractivity contribution in [1.82, 2.24) is 0 Å². The second kappa shape index (κ2) is 4.15. The predicted octanol–water partition coefficient (Wildman–Crippen LogP) is 3.44. The normalized spacial score (nSPS) is 10.9. The van der Waals surface area contributed by atoms with Crippen LogP contribution < -0.4 is 0 Å². The molecule has 0 spiro atoms. The first-order valence-corrected chi connectivity index (χ1v) is 4.01. The highest BCUT2D eigenvalue weighted by atomic mass is 35.5. The Morgan fingerprint density at radius 2 is 2.25 bits per heavy atom. The van der Waals surface area contributed by atoms with Crippen LogP contribution in [0.5, 0.6) is 0 Å². The fourth-order valence-corrected chi connectivity index (χ4v) is 1.13. The topological polar surface area (TPSA) is 23.8 Å². The summed E-state index contributed by atoms with van der Waals surface area (Å²) in [5.74, 6) is 0. The van der Waals surface area contributed by atoms with Crippen molar-refractivity contribution in [2.24, 2.45) is 0 Å². The number of rotatable bonds is 1. The molecule has 0 aliphatic heterocycles. The van der Waals surface area contributed by atoms with Gasteiger partial charge in [0, 0.05) is 11.1 Å². The minimum absolute atomic E-state index is 0.403. The fraction of sp³-hybridized carbons (Fsp3) is 0. The number of nitrogens with zero attached hydrogens (tertiary/aromatic N) is 1. The second-order valence-electron chi connectivity index (χ2n) is 2.13. The first-order chi connectivity index (χ1) is 5.74. The van der Waals surface area contributed by atoms with Crippen LogP contribution in [0.25, 0.3) is 5.03 Å². The smallest absolute Gasteiger partial charge is 0.0927 e. The van der Waals surface area contributed by atoms with Gasteiger partial charge >= 0.3 is 0 Å². The molecule has 0 aliphatic rings. The van der Waals surface area contributed by atoms with Crippen LogP contribution in [-0.4, -0.2) is 0 Å². The minimum atomic E-state index is 0.403. The molecule has 60 valence electrons. The molecule has 12 heavy (non-hydrogen) atoms. The molecule has 0 saturated heterocycles. The lowest BCUT2D eigenvalue weighted by atomic mass is 10.2. The third-order valence-corrected chi connectivity index (χ3v) is 1.85. The zero-order valence-electron chi connectivity index (χ0n) is 6.09. The number of benzene rings is 1. The molecule has 0 saturated carbocycles. The summed E-state index contributed by atoms with van der Waals surface area (Å²) in [6.45, 7) is 0. The Balaban J connectivity index is 3.05. The van der Waals surface area contributed by atoms with Gasteiger partial charge in [-0.25, -0.2) is 0 Å². The lowest BCUT2D eigenvalue weighted by molar-refractivity contribution is 1.53. The van der Waals surface area contributed by atoms with Crippen molar-refractivity contribution in [2.75, 3.05) is 0 Å². The van der Waals surface area contributed by atoms with Gasteiger partial charge in [0.05, 0.1) is 11.1 Å². The van der Waals surface area contributed by atoms with Gasteiger partial charge in [0.1, 0.15) is 0 Å². The van der Waals surface area contributed by atoms with Crippen molar-refractivity contribution in [3.05, 3.63) is 40.9 Å². The maximum absolute atomic E-state index is 8.32. The van der Waals surface area contributed by atoms with Crippen LogP contribution >= 0.6 is 23.2 Å². The van der Waals surface area contributed by atoms with E-state index in [1.54, 1.807) is 24.3 Å². The summed E-state index contributed by atoms with van der Waals surface area (Å²) in [7, 11) is 0. The van der Waals surface area contributed by atoms with Gasteiger partial charge in [0.2, 0.25) is 0 Å². The minimum Gasteiger partial charge on any atom is -0.193 e. The lowest BCUT2D eigenvalue weighted by Crippen LogP contribution is -1.75. The van der Waals surface area contributed by atoms with Gasteiger partial charge < -0.3 is 0 Å². The summed E-state index contributed by atoms with van der Waals surface area (Å²) >= 11 is 11.5. The molecule has 3 heteroatoms. The first-order valence-electron chi connectivity index (χ1n) is 3.25. The van der Waals surface area contributed by atoms with E-state index in [1.165, 1.54) is 6.08 Å². The van der Waals surface area contributed by atoms with Gasteiger partial charge in [-0.15, -0.1) is 0 Å². The van der Waals surface area contributed by atoms with Crippen molar-refractivity contribution >= 4 is 28.2 Å². The Bertz CT molecular complexity index is 350. The number of hydrogen-bond donors (Lipinski definition) is 0. The van der Waals surface area contributed by atoms with E-state index in [0.29, 0.717) is 10.1 Å². The average molecular weight is 198 g/mol. The van der Waals surface area contributed by atoms with Gasteiger partial charge in [-0.05, 0) is 17.7 Å². The van der Waals surface area contributed by atoms with Crippen LogP contribution in [0.1, 0.15) is 5.56 Å². The Labute approximate surface area is 80.8 Å². The molecule has 1 nitrogen and oxygen atoms in total. The van der Waals surface area contributed by atoms with E-state index in [2.05, 4.69) is 0 Å². The van der Waals surface area contributed by atoms with E-state index in [9.17, 15) is 0 Å². The van der Waals surface area contributed by atoms with Crippen molar-refractivity contribution in [3.8, 4) is 6.07 Å². The molecule has 0 fully saturated rings. The molecule has 0 aliphatic carbocycles. The molecular formula is C9H5Cl2N. The molecule has 0 radical (unpaired) electrons. The van der Waals surface area contributed by atoms with Crippen LogP contribution in [0.15, 0.2) is 30.3 Å². The molecule has 0 amide bonds. The fourth-order valence-electron chi connectivity index (χ4n) is 0.777. The van der Waals surface area contributed by atoms with Crippen molar-refractivity contribution in [1.29, 1.82) is 5.26 Å². The summed E-state index contributed by atoms with van der Waals surface area (Å²) in [6.07, 6.45) is 1.27. The predicted molar refractivity (Wildman–Crippen MR) is 50.9 cm³/mol. The van der Waals surface area contributed by atoms with E-state index >= 15 is 0 Å². The number of nitriles is 1. The van der Waals surface area contributed by atoms with E-state index < -0.39 is 0 Å². The van der Waals surface area contributed by atoms with Crippen LogP contribution in [0.2, 0.25) is 5.02 Å². The van der Waals surface area contributed by atoms with Crippen LogP contribution in [0, 0.1) is 11.3 Å². The molecule has 0 unspecified atom stereocenters. The zero-order valence-corrected chi connectivity index (χ0v) is 7.60. The molecule has 1 aromatic carbocycles. The van der Waals surface area contributed by atoms with Gasteiger partial charge in [0.15, 0.2) is 0 Å². The molecular weight excluding hydrogens is 193 g/mol. The molecule has 1 rings (SSSR count). The maximum atomic E-state index is 8.32. The lowest BCUT2D eigenvalue weighted by Gasteiger charge is -1.96. The zero-order chi connectivity index (χ0) is 8.97. The molecule has 0 aromatic heterocycles. The summed E-state index contributed by atoms with van der Waals surface area (Å²) in [5.41, 5.74) is 0.755. The molecule has 0 N–H and O–H groups in total. The summed E-state index contributed by atoms with van der Waals surface area (Å²) in [6, 6.07) is 8.88. The van der Waals surface area contributed by atoms with Crippen molar-refractivity contribution in [2.45, 2.75) is 0 Å².